The maximum atomic E-state index is 12.7. The highest BCUT2D eigenvalue weighted by atomic mass is 35.5. The minimum Gasteiger partial charge on any atom is -0.339 e. The zero-order chi connectivity index (χ0) is 20.1. The van der Waals surface area contributed by atoms with Crippen molar-refractivity contribution in [2.75, 3.05) is 32.7 Å². The van der Waals surface area contributed by atoms with Crippen molar-refractivity contribution in [2.45, 2.75) is 17.9 Å². The summed E-state index contributed by atoms with van der Waals surface area (Å²) in [5, 5.41) is 3.89. The predicted octanol–water partition coefficient (Wildman–Crippen LogP) is 2.52. The molecule has 8 heteroatoms. The second-order valence-electron chi connectivity index (χ2n) is 6.75. The van der Waals surface area contributed by atoms with Crippen LogP contribution >= 0.6 is 11.6 Å². The van der Waals surface area contributed by atoms with E-state index in [0.717, 1.165) is 5.56 Å². The Kier molecular flexibility index (Phi) is 6.72. The molecule has 0 aliphatic carbocycles. The van der Waals surface area contributed by atoms with E-state index in [1.54, 1.807) is 35.2 Å². The normalized spacial score (nSPS) is 16.7. The molecule has 1 N–H and O–H groups in total. The van der Waals surface area contributed by atoms with Gasteiger partial charge >= 0.3 is 0 Å². The molecule has 0 spiro atoms. The summed E-state index contributed by atoms with van der Waals surface area (Å²) in [6, 6.07) is 15.9. The van der Waals surface area contributed by atoms with Gasteiger partial charge in [0.1, 0.15) is 0 Å². The first-order chi connectivity index (χ1) is 13.4. The number of piperazine rings is 1. The molecule has 150 valence electrons. The van der Waals surface area contributed by atoms with Gasteiger partial charge in [-0.25, -0.2) is 8.42 Å². The third kappa shape index (κ3) is 4.91. The maximum absolute atomic E-state index is 12.7. The van der Waals surface area contributed by atoms with Crippen molar-refractivity contribution in [3.63, 3.8) is 0 Å². The standard InChI is InChI=1S/C20H24ClN3O3S/c1-16(17-7-9-18(21)10-8-17)22-15-20(25)23-11-13-24(14-12-23)28(26,27)19-5-3-2-4-6-19/h2-10,16,22H,11-15H2,1H3/t16-/m1/s1. The number of nitrogens with zero attached hydrogens (tertiary/aromatic N) is 2. The summed E-state index contributed by atoms with van der Waals surface area (Å²) >= 11 is 5.90. The summed E-state index contributed by atoms with van der Waals surface area (Å²) in [4.78, 5) is 14.5. The lowest BCUT2D eigenvalue weighted by Gasteiger charge is -2.34. The number of sulfonamides is 1. The molecular formula is C20H24ClN3O3S. The van der Waals surface area contributed by atoms with Crippen molar-refractivity contribution in [1.29, 1.82) is 0 Å². The van der Waals surface area contributed by atoms with Crippen molar-refractivity contribution < 1.29 is 13.2 Å². The predicted molar refractivity (Wildman–Crippen MR) is 110 cm³/mol. The van der Waals surface area contributed by atoms with Crippen LogP contribution in [-0.2, 0) is 14.8 Å². The lowest BCUT2D eigenvalue weighted by atomic mass is 10.1. The van der Waals surface area contributed by atoms with E-state index in [2.05, 4.69) is 5.32 Å². The highest BCUT2D eigenvalue weighted by molar-refractivity contribution is 7.89. The van der Waals surface area contributed by atoms with E-state index in [-0.39, 0.29) is 23.4 Å². The van der Waals surface area contributed by atoms with Crippen LogP contribution in [-0.4, -0.2) is 56.3 Å². The Morgan fingerprint density at radius 3 is 2.25 bits per heavy atom. The monoisotopic (exact) mass is 421 g/mol. The molecular weight excluding hydrogens is 398 g/mol. The average molecular weight is 422 g/mol. The number of nitrogens with one attached hydrogen (secondary N) is 1. The molecule has 0 bridgehead atoms. The Morgan fingerprint density at radius 1 is 1.04 bits per heavy atom. The van der Waals surface area contributed by atoms with Gasteiger partial charge in [-0.2, -0.15) is 4.31 Å². The van der Waals surface area contributed by atoms with Gasteiger partial charge in [0.25, 0.3) is 0 Å². The molecule has 1 aliphatic heterocycles. The van der Waals surface area contributed by atoms with Crippen LogP contribution in [0, 0.1) is 0 Å². The zero-order valence-corrected chi connectivity index (χ0v) is 17.3. The summed E-state index contributed by atoms with van der Waals surface area (Å²) in [6.45, 7) is 3.57. The summed E-state index contributed by atoms with van der Waals surface area (Å²) in [5.74, 6) is -0.0300. The number of carbonyl (C=O) groups is 1. The molecule has 28 heavy (non-hydrogen) atoms. The third-order valence-corrected chi connectivity index (χ3v) is 7.07. The molecule has 0 unspecified atom stereocenters. The number of hydrogen-bond donors (Lipinski definition) is 1. The molecule has 2 aromatic rings. The van der Waals surface area contributed by atoms with Gasteiger partial charge in [-0.1, -0.05) is 41.9 Å². The fourth-order valence-electron chi connectivity index (χ4n) is 3.14. The van der Waals surface area contributed by atoms with Crippen LogP contribution in [0.5, 0.6) is 0 Å². The Hall–Kier alpha value is -1.93. The molecule has 0 saturated carbocycles. The van der Waals surface area contributed by atoms with Crippen molar-refractivity contribution in [2.24, 2.45) is 0 Å². The highest BCUT2D eigenvalue weighted by Gasteiger charge is 2.29. The fourth-order valence-corrected chi connectivity index (χ4v) is 4.71. The van der Waals surface area contributed by atoms with Crippen molar-refractivity contribution in [3.05, 3.63) is 65.2 Å². The molecule has 3 rings (SSSR count). The number of hydrogen-bond acceptors (Lipinski definition) is 4. The van der Waals surface area contributed by atoms with Crippen molar-refractivity contribution in [3.8, 4) is 0 Å². The topological polar surface area (TPSA) is 69.7 Å². The Bertz CT molecular complexity index is 896. The smallest absolute Gasteiger partial charge is 0.243 e. The molecule has 1 amide bonds. The minimum absolute atomic E-state index is 0.0148. The van der Waals surface area contributed by atoms with E-state index in [9.17, 15) is 13.2 Å². The van der Waals surface area contributed by atoms with Gasteiger partial charge in [0.2, 0.25) is 15.9 Å². The number of halogens is 1. The van der Waals surface area contributed by atoms with Crippen molar-refractivity contribution >= 4 is 27.5 Å². The van der Waals surface area contributed by atoms with Gasteiger partial charge in [0, 0.05) is 37.2 Å². The Morgan fingerprint density at radius 2 is 1.64 bits per heavy atom. The van der Waals surface area contributed by atoms with E-state index in [0.29, 0.717) is 31.2 Å². The van der Waals surface area contributed by atoms with Gasteiger partial charge in [-0.05, 0) is 36.8 Å². The molecule has 2 aromatic carbocycles. The lowest BCUT2D eigenvalue weighted by molar-refractivity contribution is -0.131. The van der Waals surface area contributed by atoms with Crippen LogP contribution in [0.1, 0.15) is 18.5 Å². The first kappa shape index (κ1) is 20.8. The SMILES string of the molecule is C[C@@H](NCC(=O)N1CCN(S(=O)(=O)c2ccccc2)CC1)c1ccc(Cl)cc1. The van der Waals surface area contributed by atoms with Gasteiger partial charge in [0.15, 0.2) is 0 Å². The van der Waals surface area contributed by atoms with Crippen LogP contribution in [0.25, 0.3) is 0 Å². The van der Waals surface area contributed by atoms with E-state index < -0.39 is 10.0 Å². The molecule has 6 nitrogen and oxygen atoms in total. The van der Waals surface area contributed by atoms with Crippen LogP contribution in [0.15, 0.2) is 59.5 Å². The molecule has 1 atom stereocenters. The molecule has 1 saturated heterocycles. The Balaban J connectivity index is 1.50. The van der Waals surface area contributed by atoms with E-state index in [1.165, 1.54) is 4.31 Å². The van der Waals surface area contributed by atoms with Crippen LogP contribution in [0.2, 0.25) is 5.02 Å². The first-order valence-corrected chi connectivity index (χ1v) is 11.0. The van der Waals surface area contributed by atoms with Gasteiger partial charge < -0.3 is 10.2 Å². The fraction of sp³-hybridized carbons (Fsp3) is 0.350. The third-order valence-electron chi connectivity index (χ3n) is 4.90. The quantitative estimate of drug-likeness (QED) is 0.778. The number of carbonyl (C=O) groups excluding carboxylic acids is 1. The van der Waals surface area contributed by atoms with Crippen LogP contribution in [0.3, 0.4) is 0 Å². The maximum Gasteiger partial charge on any atom is 0.243 e. The largest absolute Gasteiger partial charge is 0.339 e. The number of benzene rings is 2. The van der Waals surface area contributed by atoms with E-state index in [1.807, 2.05) is 31.2 Å². The number of rotatable bonds is 6. The summed E-state index contributed by atoms with van der Waals surface area (Å²) < 4.78 is 26.8. The van der Waals surface area contributed by atoms with Crippen LogP contribution in [0.4, 0.5) is 0 Å². The summed E-state index contributed by atoms with van der Waals surface area (Å²) in [6.07, 6.45) is 0. The lowest BCUT2D eigenvalue weighted by Crippen LogP contribution is -2.52. The minimum atomic E-state index is -3.51. The van der Waals surface area contributed by atoms with E-state index >= 15 is 0 Å². The summed E-state index contributed by atoms with van der Waals surface area (Å²) in [7, 11) is -3.51. The average Bonchev–Trinajstić information content (AvgIpc) is 2.73. The van der Waals surface area contributed by atoms with Crippen molar-refractivity contribution in [1.82, 2.24) is 14.5 Å². The van der Waals surface area contributed by atoms with E-state index in [4.69, 9.17) is 11.6 Å². The number of amides is 1. The highest BCUT2D eigenvalue weighted by Crippen LogP contribution is 2.18. The molecule has 1 aliphatic rings. The Labute approximate surface area is 171 Å². The first-order valence-electron chi connectivity index (χ1n) is 9.20. The molecule has 1 fully saturated rings. The second kappa shape index (κ2) is 9.05. The van der Waals surface area contributed by atoms with Crippen LogP contribution < -0.4 is 5.32 Å². The molecule has 0 aromatic heterocycles. The molecule has 0 radical (unpaired) electrons. The second-order valence-corrected chi connectivity index (χ2v) is 9.13. The van der Waals surface area contributed by atoms with Gasteiger partial charge in [-0.3, -0.25) is 4.79 Å². The van der Waals surface area contributed by atoms with Gasteiger partial charge in [-0.15, -0.1) is 0 Å². The summed E-state index contributed by atoms with van der Waals surface area (Å²) in [5.41, 5.74) is 1.05. The van der Waals surface area contributed by atoms with Gasteiger partial charge in [0.05, 0.1) is 11.4 Å². The molecule has 1 heterocycles. The zero-order valence-electron chi connectivity index (χ0n) is 15.7.